The summed E-state index contributed by atoms with van der Waals surface area (Å²) in [5.74, 6) is -0.739. The van der Waals surface area contributed by atoms with Crippen molar-refractivity contribution in [1.29, 1.82) is 0 Å². The van der Waals surface area contributed by atoms with Crippen LogP contribution in [0.3, 0.4) is 0 Å². The van der Waals surface area contributed by atoms with Gasteiger partial charge in [-0.05, 0) is 62.1 Å². The largest absolute Gasteiger partial charge is 0.355 e. The van der Waals surface area contributed by atoms with Crippen LogP contribution in [0.2, 0.25) is 0 Å². The minimum atomic E-state index is -3.79. The Bertz CT molecular complexity index is 1340. The Balaban J connectivity index is 2.05. The molecule has 0 aliphatic rings. The molecule has 1 N–H and O–H groups in total. The van der Waals surface area contributed by atoms with E-state index in [2.05, 4.69) is 5.32 Å². The van der Waals surface area contributed by atoms with Crippen molar-refractivity contribution < 1.29 is 18.0 Å². The van der Waals surface area contributed by atoms with Crippen molar-refractivity contribution in [2.75, 3.05) is 23.7 Å². The molecule has 0 aliphatic carbocycles. The molecule has 0 bridgehead atoms. The van der Waals surface area contributed by atoms with Gasteiger partial charge in [0.2, 0.25) is 21.8 Å². The molecular formula is C30H37N3O4S. The number of rotatable bonds is 11. The second kappa shape index (κ2) is 12.7. The predicted octanol–water partition coefficient (Wildman–Crippen LogP) is 4.15. The Kier molecular flexibility index (Phi) is 9.69. The zero-order valence-corrected chi connectivity index (χ0v) is 23.6. The van der Waals surface area contributed by atoms with Gasteiger partial charge in [0.15, 0.2) is 0 Å². The van der Waals surface area contributed by atoms with Crippen LogP contribution in [0.5, 0.6) is 0 Å². The molecule has 0 saturated heterocycles. The van der Waals surface area contributed by atoms with E-state index in [9.17, 15) is 18.0 Å². The van der Waals surface area contributed by atoms with E-state index in [0.29, 0.717) is 18.7 Å². The van der Waals surface area contributed by atoms with Crippen LogP contribution in [0.25, 0.3) is 0 Å². The molecule has 0 spiro atoms. The van der Waals surface area contributed by atoms with Gasteiger partial charge in [0.25, 0.3) is 0 Å². The highest BCUT2D eigenvalue weighted by Gasteiger charge is 2.32. The van der Waals surface area contributed by atoms with Gasteiger partial charge >= 0.3 is 0 Å². The van der Waals surface area contributed by atoms with E-state index in [1.807, 2.05) is 88.4 Å². The summed E-state index contributed by atoms with van der Waals surface area (Å²) in [7, 11) is -3.79. The number of nitrogens with one attached hydrogen (secondary N) is 1. The number of nitrogens with zero attached hydrogens (tertiary/aromatic N) is 2. The fourth-order valence-electron chi connectivity index (χ4n) is 4.44. The lowest BCUT2D eigenvalue weighted by atomic mass is 10.0. The van der Waals surface area contributed by atoms with E-state index in [4.69, 9.17) is 0 Å². The van der Waals surface area contributed by atoms with E-state index < -0.39 is 28.5 Å². The zero-order chi connectivity index (χ0) is 27.9. The van der Waals surface area contributed by atoms with Crippen LogP contribution < -0.4 is 9.62 Å². The Hall–Kier alpha value is -3.65. The number of aryl methyl sites for hydroxylation is 3. The van der Waals surface area contributed by atoms with Crippen molar-refractivity contribution in [3.63, 3.8) is 0 Å². The molecule has 202 valence electrons. The van der Waals surface area contributed by atoms with E-state index in [1.165, 1.54) is 4.90 Å². The molecule has 7 nitrogen and oxygen atoms in total. The fourth-order valence-corrected chi connectivity index (χ4v) is 5.28. The van der Waals surface area contributed by atoms with Crippen molar-refractivity contribution in [1.82, 2.24) is 10.2 Å². The molecule has 38 heavy (non-hydrogen) atoms. The summed E-state index contributed by atoms with van der Waals surface area (Å²) in [6.07, 6.45) is 1.39. The van der Waals surface area contributed by atoms with Gasteiger partial charge in [0.1, 0.15) is 12.6 Å². The second-order valence-corrected chi connectivity index (χ2v) is 11.6. The highest BCUT2D eigenvalue weighted by Crippen LogP contribution is 2.23. The SMILES string of the molecule is CCNC(=O)C(Cc1ccccc1)N(Cc1ccc(C)cc1)C(=O)CN(c1cc(C)cc(C)c1)S(C)(=O)=O. The van der Waals surface area contributed by atoms with Crippen molar-refractivity contribution in [2.24, 2.45) is 0 Å². The first-order chi connectivity index (χ1) is 18.0. The lowest BCUT2D eigenvalue weighted by Gasteiger charge is -2.33. The number of carbonyl (C=O) groups excluding carboxylic acids is 2. The smallest absolute Gasteiger partial charge is 0.244 e. The molecule has 1 unspecified atom stereocenters. The Morgan fingerprint density at radius 1 is 0.842 bits per heavy atom. The number of carbonyl (C=O) groups is 2. The van der Waals surface area contributed by atoms with Crippen molar-refractivity contribution in [2.45, 2.75) is 46.7 Å². The van der Waals surface area contributed by atoms with Gasteiger partial charge < -0.3 is 10.2 Å². The van der Waals surface area contributed by atoms with Crippen LogP contribution in [-0.2, 0) is 32.6 Å². The highest BCUT2D eigenvalue weighted by molar-refractivity contribution is 7.92. The molecule has 0 saturated carbocycles. The fraction of sp³-hybridized carbons (Fsp3) is 0.333. The maximum Gasteiger partial charge on any atom is 0.244 e. The number of hydrogen-bond acceptors (Lipinski definition) is 4. The topological polar surface area (TPSA) is 86.8 Å². The molecule has 0 heterocycles. The van der Waals surface area contributed by atoms with Gasteiger partial charge in [-0.15, -0.1) is 0 Å². The number of sulfonamides is 1. The number of benzene rings is 3. The summed E-state index contributed by atoms with van der Waals surface area (Å²) >= 11 is 0. The van der Waals surface area contributed by atoms with E-state index in [1.54, 1.807) is 12.1 Å². The summed E-state index contributed by atoms with van der Waals surface area (Å²) in [4.78, 5) is 28.8. The molecule has 2 amide bonds. The third-order valence-corrected chi connectivity index (χ3v) is 7.41. The first kappa shape index (κ1) is 28.9. The lowest BCUT2D eigenvalue weighted by molar-refractivity contribution is -0.140. The molecule has 0 aromatic heterocycles. The first-order valence-corrected chi connectivity index (χ1v) is 14.6. The number of amides is 2. The van der Waals surface area contributed by atoms with Gasteiger partial charge in [-0.3, -0.25) is 13.9 Å². The predicted molar refractivity (Wildman–Crippen MR) is 152 cm³/mol. The van der Waals surface area contributed by atoms with Crippen molar-refractivity contribution in [3.8, 4) is 0 Å². The molecule has 3 aromatic carbocycles. The average Bonchev–Trinajstić information content (AvgIpc) is 2.85. The van der Waals surface area contributed by atoms with Crippen LogP contribution in [0.1, 0.15) is 34.7 Å². The summed E-state index contributed by atoms with van der Waals surface area (Å²) in [5.41, 5.74) is 5.03. The molecule has 3 aromatic rings. The number of anilines is 1. The summed E-state index contributed by atoms with van der Waals surface area (Å²) in [5, 5.41) is 2.86. The minimum Gasteiger partial charge on any atom is -0.355 e. The summed E-state index contributed by atoms with van der Waals surface area (Å²) in [6.45, 7) is 7.73. The molecule has 1 atom stereocenters. The number of likely N-dealkylation sites (N-methyl/N-ethyl adjacent to an activating group) is 1. The van der Waals surface area contributed by atoms with Crippen molar-refractivity contribution >= 4 is 27.5 Å². The molecule has 0 fully saturated rings. The van der Waals surface area contributed by atoms with Crippen molar-refractivity contribution in [3.05, 3.63) is 101 Å². The van der Waals surface area contributed by atoms with Crippen LogP contribution in [0.4, 0.5) is 5.69 Å². The third kappa shape index (κ3) is 7.92. The van der Waals surface area contributed by atoms with E-state index in [-0.39, 0.29) is 12.5 Å². The van der Waals surface area contributed by atoms with Crippen LogP contribution in [-0.4, -0.2) is 50.5 Å². The monoisotopic (exact) mass is 535 g/mol. The highest BCUT2D eigenvalue weighted by atomic mass is 32.2. The first-order valence-electron chi connectivity index (χ1n) is 12.7. The molecule has 0 aliphatic heterocycles. The molecule has 8 heteroatoms. The standard InChI is InChI=1S/C30H37N3O4S/c1-6-31-30(35)28(19-25-10-8-7-9-11-25)32(20-26-14-12-22(2)13-15-26)29(34)21-33(38(5,36)37)27-17-23(3)16-24(4)18-27/h7-18,28H,6,19-21H2,1-5H3,(H,31,35). The van der Waals surface area contributed by atoms with Gasteiger partial charge in [-0.2, -0.15) is 0 Å². The zero-order valence-electron chi connectivity index (χ0n) is 22.8. The Morgan fingerprint density at radius 2 is 1.45 bits per heavy atom. The number of hydrogen-bond donors (Lipinski definition) is 1. The maximum absolute atomic E-state index is 14.0. The maximum atomic E-state index is 14.0. The van der Waals surface area contributed by atoms with Gasteiger partial charge in [-0.1, -0.05) is 66.2 Å². The van der Waals surface area contributed by atoms with E-state index in [0.717, 1.165) is 38.4 Å². The summed E-state index contributed by atoms with van der Waals surface area (Å²) in [6, 6.07) is 21.9. The minimum absolute atomic E-state index is 0.165. The third-order valence-electron chi connectivity index (χ3n) is 6.27. The Morgan fingerprint density at radius 3 is 2.00 bits per heavy atom. The average molecular weight is 536 g/mol. The molecule has 0 radical (unpaired) electrons. The molecular weight excluding hydrogens is 498 g/mol. The summed E-state index contributed by atoms with van der Waals surface area (Å²) < 4.78 is 26.9. The van der Waals surface area contributed by atoms with E-state index >= 15 is 0 Å². The van der Waals surface area contributed by atoms with Gasteiger partial charge in [0.05, 0.1) is 11.9 Å². The second-order valence-electron chi connectivity index (χ2n) is 9.72. The van der Waals surface area contributed by atoms with Crippen LogP contribution >= 0.6 is 0 Å². The lowest BCUT2D eigenvalue weighted by Crippen LogP contribution is -2.53. The van der Waals surface area contributed by atoms with Crippen LogP contribution in [0, 0.1) is 20.8 Å². The van der Waals surface area contributed by atoms with Gasteiger partial charge in [-0.25, -0.2) is 8.42 Å². The molecule has 3 rings (SSSR count). The quantitative estimate of drug-likeness (QED) is 0.400. The van der Waals surface area contributed by atoms with Crippen LogP contribution in [0.15, 0.2) is 72.8 Å². The Labute approximate surface area is 226 Å². The van der Waals surface area contributed by atoms with Gasteiger partial charge in [0, 0.05) is 19.5 Å². The normalized spacial score (nSPS) is 12.0.